The van der Waals surface area contributed by atoms with Crippen LogP contribution in [0.15, 0.2) is 47.5 Å². The third-order valence-corrected chi connectivity index (χ3v) is 8.21. The molecule has 0 spiro atoms. The Bertz CT molecular complexity index is 1620. The Morgan fingerprint density at radius 2 is 1.88 bits per heavy atom. The van der Waals surface area contributed by atoms with Crippen molar-refractivity contribution >= 4 is 22.6 Å². The summed E-state index contributed by atoms with van der Waals surface area (Å²) in [6.45, 7) is 15.4. The molecule has 1 unspecified atom stereocenters. The van der Waals surface area contributed by atoms with Crippen molar-refractivity contribution in [3.05, 3.63) is 81.0 Å². The highest BCUT2D eigenvalue weighted by Gasteiger charge is 2.22. The van der Waals surface area contributed by atoms with Crippen LogP contribution >= 0.6 is 0 Å². The Morgan fingerprint density at radius 3 is 2.52 bits per heavy atom. The first-order valence-corrected chi connectivity index (χ1v) is 14.1. The van der Waals surface area contributed by atoms with Gasteiger partial charge in [0.2, 0.25) is 0 Å². The Balaban J connectivity index is 1.51. The zero-order valence-corrected chi connectivity index (χ0v) is 24.6. The number of carbonyl (C=O) groups excluding carboxylic acids is 1. The number of carbonyl (C=O) groups is 1. The van der Waals surface area contributed by atoms with E-state index in [1.165, 1.54) is 0 Å². The average molecular weight is 541 g/mol. The second-order valence-corrected chi connectivity index (χ2v) is 11.5. The summed E-state index contributed by atoms with van der Waals surface area (Å²) in [7, 11) is 2.16. The highest BCUT2D eigenvalue weighted by molar-refractivity contribution is 6.09. The number of aryl methyl sites for hydroxylation is 3. The van der Waals surface area contributed by atoms with Crippen LogP contribution in [0.5, 0.6) is 0 Å². The quantitative estimate of drug-likeness (QED) is 0.361. The van der Waals surface area contributed by atoms with E-state index in [4.69, 9.17) is 4.98 Å². The van der Waals surface area contributed by atoms with Gasteiger partial charge >= 0.3 is 0 Å². The standard InChI is InChI=1S/C32H40N6O2/c1-19(2)38-17-21(4)30-26(31(39)34-16-27-20(3)12-22(5)35-32(27)40)13-25(14-28(30)38)24-8-9-29(33-15-24)37-11-10-36(7)23(6)18-37/h8-9,12-15,17,19,23H,10-11,16,18H2,1-7H3,(H,34,39)(H,35,40). The van der Waals surface area contributed by atoms with Crippen LogP contribution in [-0.4, -0.2) is 58.1 Å². The minimum absolute atomic E-state index is 0.162. The summed E-state index contributed by atoms with van der Waals surface area (Å²) in [6, 6.07) is 10.9. The number of likely N-dealkylation sites (N-methyl/N-ethyl adjacent to an activating group) is 1. The fourth-order valence-electron chi connectivity index (χ4n) is 5.73. The van der Waals surface area contributed by atoms with E-state index in [0.29, 0.717) is 17.2 Å². The number of nitrogens with one attached hydrogen (secondary N) is 2. The lowest BCUT2D eigenvalue weighted by Gasteiger charge is -2.38. The van der Waals surface area contributed by atoms with E-state index in [2.05, 4.69) is 76.9 Å². The van der Waals surface area contributed by atoms with E-state index < -0.39 is 0 Å². The van der Waals surface area contributed by atoms with Crippen molar-refractivity contribution in [2.75, 3.05) is 31.6 Å². The van der Waals surface area contributed by atoms with Gasteiger partial charge in [-0.15, -0.1) is 0 Å². The Hall–Kier alpha value is -3.91. The Labute approximate surface area is 236 Å². The van der Waals surface area contributed by atoms with Gasteiger partial charge in [-0.05, 0) is 95.6 Å². The number of hydrogen-bond acceptors (Lipinski definition) is 5. The number of hydrogen-bond donors (Lipinski definition) is 2. The molecule has 0 bridgehead atoms. The summed E-state index contributed by atoms with van der Waals surface area (Å²) in [5, 5.41) is 3.95. The maximum atomic E-state index is 13.7. The molecule has 0 radical (unpaired) electrons. The highest BCUT2D eigenvalue weighted by Crippen LogP contribution is 2.33. The fraction of sp³-hybridized carbons (Fsp3) is 0.406. The van der Waals surface area contributed by atoms with Gasteiger partial charge in [-0.25, -0.2) is 4.98 Å². The molecule has 2 N–H and O–H groups in total. The summed E-state index contributed by atoms with van der Waals surface area (Å²) in [6.07, 6.45) is 4.02. The number of rotatable bonds is 6. The number of anilines is 1. The molecule has 3 aromatic heterocycles. The maximum Gasteiger partial charge on any atom is 0.253 e. The zero-order chi connectivity index (χ0) is 28.7. The SMILES string of the molecule is Cc1cc(C)c(CNC(=O)c2cc(-c3ccc(N4CCN(C)C(C)C4)nc3)cc3c2c(C)cn3C(C)C)c(=O)[nH]1. The molecule has 1 saturated heterocycles. The van der Waals surface area contributed by atoms with Gasteiger partial charge in [-0.1, -0.05) is 0 Å². The van der Waals surface area contributed by atoms with Crippen molar-refractivity contribution in [3.8, 4) is 11.1 Å². The summed E-state index contributed by atoms with van der Waals surface area (Å²) >= 11 is 0. The van der Waals surface area contributed by atoms with Crippen molar-refractivity contribution in [2.24, 2.45) is 0 Å². The normalized spacial score (nSPS) is 16.2. The number of benzene rings is 1. The second kappa shape index (κ2) is 10.9. The molecule has 5 rings (SSSR count). The first kappa shape index (κ1) is 27.6. The first-order valence-electron chi connectivity index (χ1n) is 14.1. The third-order valence-electron chi connectivity index (χ3n) is 8.21. The molecule has 8 heteroatoms. The summed E-state index contributed by atoms with van der Waals surface area (Å²) in [5.74, 6) is 0.773. The first-order chi connectivity index (χ1) is 19.0. The predicted molar refractivity (Wildman–Crippen MR) is 162 cm³/mol. The van der Waals surface area contributed by atoms with E-state index in [1.54, 1.807) is 0 Å². The molecule has 4 aromatic rings. The summed E-state index contributed by atoms with van der Waals surface area (Å²) in [5.41, 5.74) is 6.62. The number of piperazine rings is 1. The van der Waals surface area contributed by atoms with Crippen LogP contribution in [0.2, 0.25) is 0 Å². The predicted octanol–water partition coefficient (Wildman–Crippen LogP) is 4.97. The van der Waals surface area contributed by atoms with Crippen molar-refractivity contribution < 1.29 is 4.79 Å². The molecule has 1 aromatic carbocycles. The van der Waals surface area contributed by atoms with E-state index in [1.807, 2.05) is 39.1 Å². The van der Waals surface area contributed by atoms with Gasteiger partial charge in [-0.2, -0.15) is 0 Å². The smallest absolute Gasteiger partial charge is 0.253 e. The molecule has 1 fully saturated rings. The number of nitrogens with zero attached hydrogens (tertiary/aromatic N) is 4. The average Bonchev–Trinajstić information content (AvgIpc) is 3.25. The molecular formula is C32H40N6O2. The molecule has 8 nitrogen and oxygen atoms in total. The van der Waals surface area contributed by atoms with Gasteiger partial charge in [-0.3, -0.25) is 9.59 Å². The van der Waals surface area contributed by atoms with Crippen molar-refractivity contribution in [2.45, 2.75) is 60.2 Å². The lowest BCUT2D eigenvalue weighted by atomic mass is 9.98. The van der Waals surface area contributed by atoms with Gasteiger partial charge in [0, 0.05) is 83.9 Å². The molecular weight excluding hydrogens is 500 g/mol. The molecule has 210 valence electrons. The minimum Gasteiger partial charge on any atom is -0.354 e. The largest absolute Gasteiger partial charge is 0.354 e. The van der Waals surface area contributed by atoms with E-state index in [9.17, 15) is 9.59 Å². The molecule has 1 atom stereocenters. The zero-order valence-electron chi connectivity index (χ0n) is 24.6. The molecule has 0 saturated carbocycles. The van der Waals surface area contributed by atoms with Crippen molar-refractivity contribution in [3.63, 3.8) is 0 Å². The number of amides is 1. The number of pyridine rings is 2. The van der Waals surface area contributed by atoms with Crippen molar-refractivity contribution in [1.82, 2.24) is 24.8 Å². The van der Waals surface area contributed by atoms with Gasteiger partial charge in [0.1, 0.15) is 5.82 Å². The van der Waals surface area contributed by atoms with E-state index in [-0.39, 0.29) is 24.1 Å². The van der Waals surface area contributed by atoms with E-state index in [0.717, 1.165) is 64.3 Å². The van der Waals surface area contributed by atoms with Crippen LogP contribution in [0.4, 0.5) is 5.82 Å². The van der Waals surface area contributed by atoms with Crippen molar-refractivity contribution in [1.29, 1.82) is 0 Å². The van der Waals surface area contributed by atoms with Gasteiger partial charge in [0.15, 0.2) is 0 Å². The van der Waals surface area contributed by atoms with Crippen LogP contribution in [0.3, 0.4) is 0 Å². The maximum absolute atomic E-state index is 13.7. The molecule has 0 aliphatic carbocycles. The lowest BCUT2D eigenvalue weighted by Crippen LogP contribution is -2.50. The number of H-pyrrole nitrogens is 1. The van der Waals surface area contributed by atoms with Crippen LogP contribution in [0, 0.1) is 20.8 Å². The lowest BCUT2D eigenvalue weighted by molar-refractivity contribution is 0.0952. The van der Waals surface area contributed by atoms with Gasteiger partial charge in [0.25, 0.3) is 11.5 Å². The fourth-order valence-corrected chi connectivity index (χ4v) is 5.73. The van der Waals surface area contributed by atoms with Crippen LogP contribution in [0.1, 0.15) is 59.6 Å². The number of aromatic nitrogens is 3. The summed E-state index contributed by atoms with van der Waals surface area (Å²) in [4.78, 5) is 38.6. The van der Waals surface area contributed by atoms with E-state index >= 15 is 0 Å². The topological polar surface area (TPSA) is 86.3 Å². The molecule has 40 heavy (non-hydrogen) atoms. The monoisotopic (exact) mass is 540 g/mol. The number of aromatic amines is 1. The minimum atomic E-state index is -0.202. The molecule has 1 aliphatic rings. The Kier molecular flexibility index (Phi) is 7.55. The van der Waals surface area contributed by atoms with Crippen LogP contribution in [0.25, 0.3) is 22.0 Å². The molecule has 1 aliphatic heterocycles. The second-order valence-electron chi connectivity index (χ2n) is 11.5. The van der Waals surface area contributed by atoms with Gasteiger partial charge < -0.3 is 24.7 Å². The van der Waals surface area contributed by atoms with Crippen LogP contribution in [-0.2, 0) is 6.54 Å². The highest BCUT2D eigenvalue weighted by atomic mass is 16.1. The third kappa shape index (κ3) is 5.28. The van der Waals surface area contributed by atoms with Gasteiger partial charge in [0.05, 0.1) is 0 Å². The Morgan fingerprint density at radius 1 is 1.10 bits per heavy atom. The number of fused-ring (bicyclic) bond motifs is 1. The molecule has 1 amide bonds. The molecule has 4 heterocycles. The summed E-state index contributed by atoms with van der Waals surface area (Å²) < 4.78 is 2.22. The van der Waals surface area contributed by atoms with Crippen LogP contribution < -0.4 is 15.8 Å².